The molecule has 3 heterocycles. The van der Waals surface area contributed by atoms with Gasteiger partial charge in [-0.15, -0.1) is 24.0 Å². The summed E-state index contributed by atoms with van der Waals surface area (Å²) in [5.74, 6) is 1.80. The smallest absolute Gasteiger partial charge is 0.191 e. The van der Waals surface area contributed by atoms with Crippen molar-refractivity contribution < 1.29 is 4.42 Å². The second-order valence-corrected chi connectivity index (χ2v) is 6.46. The van der Waals surface area contributed by atoms with Crippen molar-refractivity contribution in [1.82, 2.24) is 25.3 Å². The highest BCUT2D eigenvalue weighted by Gasteiger charge is 2.24. The van der Waals surface area contributed by atoms with Gasteiger partial charge in [0.15, 0.2) is 5.96 Å². The molecule has 0 amide bonds. The van der Waals surface area contributed by atoms with Crippen LogP contribution in [-0.2, 0) is 13.6 Å². The minimum absolute atomic E-state index is 0. The van der Waals surface area contributed by atoms with Crippen molar-refractivity contribution in [3.8, 4) is 0 Å². The van der Waals surface area contributed by atoms with Gasteiger partial charge in [-0.2, -0.15) is 5.10 Å². The Kier molecular flexibility index (Phi) is 8.43. The van der Waals surface area contributed by atoms with Gasteiger partial charge >= 0.3 is 0 Å². The van der Waals surface area contributed by atoms with Crippen molar-refractivity contribution in [2.75, 3.05) is 26.7 Å². The zero-order valence-electron chi connectivity index (χ0n) is 15.5. The second-order valence-electron chi connectivity index (χ2n) is 6.46. The van der Waals surface area contributed by atoms with E-state index in [1.807, 2.05) is 25.5 Å². The number of nitrogens with one attached hydrogen (secondary N) is 2. The Bertz CT molecular complexity index is 663. The van der Waals surface area contributed by atoms with E-state index < -0.39 is 0 Å². The third-order valence-corrected chi connectivity index (χ3v) is 4.61. The first-order valence-electron chi connectivity index (χ1n) is 8.96. The summed E-state index contributed by atoms with van der Waals surface area (Å²) in [6, 6.07) is 4.25. The van der Waals surface area contributed by atoms with Crippen molar-refractivity contribution in [1.29, 1.82) is 0 Å². The van der Waals surface area contributed by atoms with Crippen molar-refractivity contribution in [2.24, 2.45) is 12.0 Å². The van der Waals surface area contributed by atoms with Gasteiger partial charge in [0.25, 0.3) is 0 Å². The van der Waals surface area contributed by atoms with E-state index in [2.05, 4.69) is 31.7 Å². The molecular weight excluding hydrogens is 443 g/mol. The van der Waals surface area contributed by atoms with E-state index in [1.165, 1.54) is 19.3 Å². The molecule has 0 aliphatic carbocycles. The molecule has 2 N–H and O–H groups in total. The predicted octanol–water partition coefficient (Wildman–Crippen LogP) is 2.52. The van der Waals surface area contributed by atoms with Crippen molar-refractivity contribution in [2.45, 2.75) is 31.8 Å². The van der Waals surface area contributed by atoms with Crippen LogP contribution in [0.3, 0.4) is 0 Å². The Morgan fingerprint density at radius 2 is 2.12 bits per heavy atom. The number of halogens is 1. The lowest BCUT2D eigenvalue weighted by Crippen LogP contribution is -2.44. The largest absolute Gasteiger partial charge is 0.468 e. The Morgan fingerprint density at radius 1 is 1.31 bits per heavy atom. The second kappa shape index (κ2) is 10.6. The number of likely N-dealkylation sites (tertiary alicyclic amines) is 1. The standard InChI is InChI=1S/C18H28N6O.HI/c1-19-18(20-11-15-12-22-23(2)14-15)21-13-16(17-7-6-10-25-17)24-8-4-3-5-9-24;/h6-7,10,12,14,16H,3-5,8-9,11,13H2,1-2H3,(H2,19,20,21);1H. The van der Waals surface area contributed by atoms with Crippen molar-refractivity contribution in [3.63, 3.8) is 0 Å². The van der Waals surface area contributed by atoms with E-state index in [0.29, 0.717) is 6.54 Å². The molecule has 1 fully saturated rings. The van der Waals surface area contributed by atoms with E-state index in [0.717, 1.165) is 36.9 Å². The van der Waals surface area contributed by atoms with Crippen LogP contribution in [0, 0.1) is 0 Å². The molecule has 1 saturated heterocycles. The molecule has 1 unspecified atom stereocenters. The number of guanidine groups is 1. The van der Waals surface area contributed by atoms with Crippen LogP contribution in [0.4, 0.5) is 0 Å². The molecule has 144 valence electrons. The number of rotatable bonds is 6. The molecule has 2 aromatic heterocycles. The average Bonchev–Trinajstić information content (AvgIpc) is 3.31. The molecule has 0 bridgehead atoms. The minimum atomic E-state index is 0. The van der Waals surface area contributed by atoms with E-state index >= 15 is 0 Å². The first kappa shape index (κ1) is 20.8. The predicted molar refractivity (Wildman–Crippen MR) is 114 cm³/mol. The number of aryl methyl sites for hydroxylation is 1. The summed E-state index contributed by atoms with van der Waals surface area (Å²) in [4.78, 5) is 6.83. The summed E-state index contributed by atoms with van der Waals surface area (Å²) >= 11 is 0. The molecule has 1 aliphatic rings. The van der Waals surface area contributed by atoms with Crippen molar-refractivity contribution in [3.05, 3.63) is 42.1 Å². The summed E-state index contributed by atoms with van der Waals surface area (Å²) in [5.41, 5.74) is 1.13. The van der Waals surface area contributed by atoms with Gasteiger partial charge in [-0.3, -0.25) is 14.6 Å². The summed E-state index contributed by atoms with van der Waals surface area (Å²) in [6.07, 6.45) is 9.45. The number of nitrogens with zero attached hydrogens (tertiary/aromatic N) is 4. The summed E-state index contributed by atoms with van der Waals surface area (Å²) < 4.78 is 7.50. The lowest BCUT2D eigenvalue weighted by atomic mass is 10.1. The Morgan fingerprint density at radius 3 is 2.73 bits per heavy atom. The van der Waals surface area contributed by atoms with Crippen LogP contribution in [0.2, 0.25) is 0 Å². The lowest BCUT2D eigenvalue weighted by Gasteiger charge is -2.33. The normalized spacial score (nSPS) is 16.8. The van der Waals surface area contributed by atoms with Gasteiger partial charge in [0.1, 0.15) is 5.76 Å². The summed E-state index contributed by atoms with van der Waals surface area (Å²) in [6.45, 7) is 3.70. The Labute approximate surface area is 172 Å². The summed E-state index contributed by atoms with van der Waals surface area (Å²) in [5, 5.41) is 11.0. The first-order valence-corrected chi connectivity index (χ1v) is 8.96. The highest BCUT2D eigenvalue weighted by atomic mass is 127. The van der Waals surface area contributed by atoms with Gasteiger partial charge in [0.05, 0.1) is 18.5 Å². The number of furan rings is 1. The molecule has 26 heavy (non-hydrogen) atoms. The minimum Gasteiger partial charge on any atom is -0.468 e. The van der Waals surface area contributed by atoms with E-state index in [9.17, 15) is 0 Å². The van der Waals surface area contributed by atoms with Crippen LogP contribution < -0.4 is 10.6 Å². The van der Waals surface area contributed by atoms with Gasteiger partial charge in [0, 0.05) is 38.9 Å². The average molecular weight is 472 g/mol. The monoisotopic (exact) mass is 472 g/mol. The summed E-state index contributed by atoms with van der Waals surface area (Å²) in [7, 11) is 3.71. The van der Waals surface area contributed by atoms with E-state index in [1.54, 1.807) is 18.0 Å². The van der Waals surface area contributed by atoms with Crippen LogP contribution in [0.25, 0.3) is 0 Å². The number of hydrogen-bond acceptors (Lipinski definition) is 4. The lowest BCUT2D eigenvalue weighted by molar-refractivity contribution is 0.146. The van der Waals surface area contributed by atoms with Gasteiger partial charge in [0.2, 0.25) is 0 Å². The molecule has 0 aromatic carbocycles. The molecule has 0 saturated carbocycles. The highest BCUT2D eigenvalue weighted by molar-refractivity contribution is 14.0. The molecule has 8 heteroatoms. The molecule has 3 rings (SSSR count). The Hall–Kier alpha value is -1.55. The van der Waals surface area contributed by atoms with Crippen molar-refractivity contribution >= 4 is 29.9 Å². The van der Waals surface area contributed by atoms with Crippen LogP contribution in [0.5, 0.6) is 0 Å². The topological polar surface area (TPSA) is 70.6 Å². The molecule has 7 nitrogen and oxygen atoms in total. The van der Waals surface area contributed by atoms with E-state index in [4.69, 9.17) is 4.42 Å². The first-order chi connectivity index (χ1) is 12.3. The zero-order chi connectivity index (χ0) is 17.5. The van der Waals surface area contributed by atoms with Crippen LogP contribution in [0.15, 0.2) is 40.2 Å². The van der Waals surface area contributed by atoms with Crippen LogP contribution in [0.1, 0.15) is 36.6 Å². The number of aromatic nitrogens is 2. The van der Waals surface area contributed by atoms with Gasteiger partial charge in [-0.05, 0) is 38.1 Å². The fourth-order valence-corrected chi connectivity index (χ4v) is 3.28. The van der Waals surface area contributed by atoms with Gasteiger partial charge in [-0.25, -0.2) is 0 Å². The van der Waals surface area contributed by atoms with Crippen LogP contribution >= 0.6 is 24.0 Å². The third kappa shape index (κ3) is 5.73. The Balaban J connectivity index is 0.00000243. The number of piperidine rings is 1. The quantitative estimate of drug-likeness (QED) is 0.384. The fraction of sp³-hybridized carbons (Fsp3) is 0.556. The van der Waals surface area contributed by atoms with Gasteiger partial charge in [-0.1, -0.05) is 6.42 Å². The number of hydrogen-bond donors (Lipinski definition) is 2. The third-order valence-electron chi connectivity index (χ3n) is 4.61. The zero-order valence-corrected chi connectivity index (χ0v) is 17.8. The highest BCUT2D eigenvalue weighted by Crippen LogP contribution is 2.24. The molecule has 1 aliphatic heterocycles. The molecule has 0 radical (unpaired) electrons. The molecular formula is C18H29IN6O. The molecule has 2 aromatic rings. The maximum absolute atomic E-state index is 5.69. The maximum Gasteiger partial charge on any atom is 0.191 e. The van der Waals surface area contributed by atoms with E-state index in [-0.39, 0.29) is 30.0 Å². The number of aliphatic imine (C=N–C) groups is 1. The maximum atomic E-state index is 5.69. The fourth-order valence-electron chi connectivity index (χ4n) is 3.28. The SMILES string of the molecule is CN=C(NCc1cnn(C)c1)NCC(c1ccco1)N1CCCCC1.I. The molecule has 1 atom stereocenters. The molecule has 0 spiro atoms. The van der Waals surface area contributed by atoms with Crippen LogP contribution in [-0.4, -0.2) is 47.3 Å². The van der Waals surface area contributed by atoms with Gasteiger partial charge < -0.3 is 15.1 Å².